The molecule has 2 nitrogen and oxygen atoms in total. The minimum atomic E-state index is -1.20. The van der Waals surface area contributed by atoms with Crippen LogP contribution in [0.1, 0.15) is 115 Å². The Hall–Kier alpha value is -1.54. The molecule has 3 aromatic rings. The van der Waals surface area contributed by atoms with E-state index in [0.29, 0.717) is 10.3 Å². The number of fused-ring (bicyclic) bond motifs is 1. The Morgan fingerprint density at radius 1 is 0.644 bits per heavy atom. The summed E-state index contributed by atoms with van der Waals surface area (Å²) in [6, 6.07) is 25.2. The molecule has 4 heteroatoms. The molecule has 0 aliphatic heterocycles. The zero-order valence-electron chi connectivity index (χ0n) is 27.6. The van der Waals surface area contributed by atoms with Gasteiger partial charge in [-0.1, -0.05) is 74.7 Å². The van der Waals surface area contributed by atoms with Gasteiger partial charge in [0, 0.05) is 0 Å². The van der Waals surface area contributed by atoms with Crippen molar-refractivity contribution >= 4 is 35.0 Å². The molecule has 8 bridgehead atoms. The number of nitrogens with one attached hydrogen (secondary N) is 1. The third-order valence-corrected chi connectivity index (χ3v) is 18.8. The summed E-state index contributed by atoms with van der Waals surface area (Å²) in [5.74, 6) is 5.77. The first kappa shape index (κ1) is 29.6. The summed E-state index contributed by atoms with van der Waals surface area (Å²) in [5.41, 5.74) is 2.72. The predicted molar refractivity (Wildman–Crippen MR) is 192 cm³/mol. The quantitative estimate of drug-likeness (QED) is 0.257. The molecule has 45 heavy (non-hydrogen) atoms. The lowest BCUT2D eigenvalue weighted by atomic mass is 9.55. The molecule has 0 aromatic heterocycles. The number of benzene rings is 3. The monoisotopic (exact) mass is 637 g/mol. The molecule has 1 N–H and O–H groups in total. The Balaban J connectivity index is 1.25. The molecule has 3 aromatic carbocycles. The molecule has 0 amide bonds. The molecular formula is C41H52NOPS. The van der Waals surface area contributed by atoms with Crippen molar-refractivity contribution in [1.82, 2.24) is 4.72 Å². The third-order valence-electron chi connectivity index (χ3n) is 13.4. The van der Waals surface area contributed by atoms with Crippen molar-refractivity contribution in [3.8, 4) is 0 Å². The van der Waals surface area contributed by atoms with Crippen LogP contribution in [0.2, 0.25) is 0 Å². The van der Waals surface area contributed by atoms with Crippen LogP contribution in [-0.4, -0.2) is 19.3 Å². The van der Waals surface area contributed by atoms with Gasteiger partial charge in [-0.25, -0.2) is 8.93 Å². The molecule has 2 atom stereocenters. The van der Waals surface area contributed by atoms with Crippen LogP contribution in [0, 0.1) is 35.5 Å². The smallest absolute Gasteiger partial charge is 0.0979 e. The van der Waals surface area contributed by atoms with Crippen molar-refractivity contribution in [2.75, 3.05) is 0 Å². The molecular weight excluding hydrogens is 585 g/mol. The summed E-state index contributed by atoms with van der Waals surface area (Å²) in [6.07, 6.45) is 18.0. The van der Waals surface area contributed by atoms with E-state index >= 15 is 0 Å². The summed E-state index contributed by atoms with van der Waals surface area (Å²) < 4.78 is 17.5. The zero-order chi connectivity index (χ0) is 30.6. The van der Waals surface area contributed by atoms with Gasteiger partial charge in [-0.2, -0.15) is 0 Å². The van der Waals surface area contributed by atoms with E-state index in [1.165, 1.54) is 98.9 Å². The highest BCUT2D eigenvalue weighted by molar-refractivity contribution is 7.84. The lowest BCUT2D eigenvalue weighted by Crippen LogP contribution is -2.58. The van der Waals surface area contributed by atoms with Gasteiger partial charge in [0.1, 0.15) is 0 Å². The molecule has 8 fully saturated rings. The fourth-order valence-corrected chi connectivity index (χ4v) is 18.9. The lowest BCUT2D eigenvalue weighted by molar-refractivity contribution is 0.0195. The van der Waals surface area contributed by atoms with Crippen molar-refractivity contribution in [2.45, 2.75) is 119 Å². The average Bonchev–Trinajstić information content (AvgIpc) is 2.98. The lowest BCUT2D eigenvalue weighted by Gasteiger charge is -2.67. The standard InChI is InChI=1S/C41H52NOPS/c1-39(2,3)45(43)42-38(35-13-8-10-33-9-4-5-11-34(33)35)36-12-6-7-14-37(36)44(40-21-27-15-28(22-40)17-29(16-27)23-40)41-24-30-18-31(25-41)20-32(19-30)26-41/h4-14,27-32,38,42H,15-26H2,1-3H3/t27?,28?,29?,30?,31?,32?,38-,40?,41?,44?,45-/m1/s1. The Morgan fingerprint density at radius 2 is 1.09 bits per heavy atom. The minimum absolute atomic E-state index is 0.0971. The van der Waals surface area contributed by atoms with E-state index in [0.717, 1.165) is 35.5 Å². The van der Waals surface area contributed by atoms with E-state index in [2.05, 4.69) is 92.2 Å². The Bertz CT molecular complexity index is 1520. The van der Waals surface area contributed by atoms with Crippen LogP contribution in [0.5, 0.6) is 0 Å². The van der Waals surface area contributed by atoms with Crippen LogP contribution in [0.25, 0.3) is 10.8 Å². The highest BCUT2D eigenvalue weighted by atomic mass is 32.2. The second kappa shape index (κ2) is 10.7. The van der Waals surface area contributed by atoms with E-state index in [9.17, 15) is 4.21 Å². The van der Waals surface area contributed by atoms with Gasteiger partial charge >= 0.3 is 0 Å². The molecule has 0 unspecified atom stereocenters. The van der Waals surface area contributed by atoms with E-state index in [1.54, 1.807) is 5.30 Å². The Kier molecular flexibility index (Phi) is 7.06. The van der Waals surface area contributed by atoms with Crippen LogP contribution < -0.4 is 10.0 Å². The highest BCUT2D eigenvalue weighted by Gasteiger charge is 2.63. The molecule has 11 rings (SSSR count). The fraction of sp³-hybridized carbons (Fsp3) is 0.610. The largest absolute Gasteiger partial charge is 0.242 e. The summed E-state index contributed by atoms with van der Waals surface area (Å²) >= 11 is 0. The molecule has 0 saturated heterocycles. The Labute approximate surface area is 275 Å². The maximum Gasteiger partial charge on any atom is 0.0979 e. The van der Waals surface area contributed by atoms with Crippen molar-refractivity contribution in [3.63, 3.8) is 0 Å². The molecule has 8 aliphatic carbocycles. The SMILES string of the molecule is CC(C)(C)[S@@](=O)N[C@@H](c1ccccc1P(C12CC3CC(CC(C3)C1)C2)C12CC3CC(CC(C3)C1)C2)c1cccc2ccccc12. The highest BCUT2D eigenvalue weighted by Crippen LogP contribution is 2.78. The van der Waals surface area contributed by atoms with Crippen LogP contribution in [0.4, 0.5) is 0 Å². The first-order chi connectivity index (χ1) is 21.7. The third kappa shape index (κ3) is 4.95. The topological polar surface area (TPSA) is 29.1 Å². The van der Waals surface area contributed by atoms with E-state index < -0.39 is 11.0 Å². The Morgan fingerprint density at radius 3 is 1.62 bits per heavy atom. The van der Waals surface area contributed by atoms with E-state index in [-0.39, 0.29) is 18.7 Å². The minimum Gasteiger partial charge on any atom is -0.242 e. The van der Waals surface area contributed by atoms with E-state index in [1.807, 2.05) is 0 Å². The molecule has 8 saturated carbocycles. The van der Waals surface area contributed by atoms with Crippen molar-refractivity contribution in [1.29, 1.82) is 0 Å². The molecule has 0 spiro atoms. The van der Waals surface area contributed by atoms with Gasteiger partial charge in [-0.15, -0.1) is 0 Å². The normalized spacial score (nSPS) is 38.5. The van der Waals surface area contributed by atoms with Crippen LogP contribution in [0.3, 0.4) is 0 Å². The van der Waals surface area contributed by atoms with Gasteiger partial charge in [0.25, 0.3) is 0 Å². The number of rotatable bonds is 7. The summed E-state index contributed by atoms with van der Waals surface area (Å²) in [5, 5.41) is 5.24. The van der Waals surface area contributed by atoms with Crippen molar-refractivity contribution in [2.24, 2.45) is 35.5 Å². The second-order valence-electron chi connectivity index (χ2n) is 17.7. The molecule has 8 aliphatic rings. The van der Waals surface area contributed by atoms with E-state index in [4.69, 9.17) is 0 Å². The maximum atomic E-state index is 14.1. The molecule has 0 radical (unpaired) electrons. The first-order valence-corrected chi connectivity index (χ1v) is 20.7. The van der Waals surface area contributed by atoms with Crippen LogP contribution >= 0.6 is 7.92 Å². The zero-order valence-corrected chi connectivity index (χ0v) is 29.4. The number of hydrogen-bond donors (Lipinski definition) is 1. The van der Waals surface area contributed by atoms with Gasteiger partial charge in [0.2, 0.25) is 0 Å². The van der Waals surface area contributed by atoms with Gasteiger partial charge in [-0.3, -0.25) is 0 Å². The van der Waals surface area contributed by atoms with Crippen LogP contribution in [-0.2, 0) is 11.0 Å². The maximum absolute atomic E-state index is 14.1. The van der Waals surface area contributed by atoms with Crippen molar-refractivity contribution in [3.05, 3.63) is 77.9 Å². The van der Waals surface area contributed by atoms with Crippen LogP contribution in [0.15, 0.2) is 66.7 Å². The second-order valence-corrected chi connectivity index (χ2v) is 22.7. The average molecular weight is 638 g/mol. The van der Waals surface area contributed by atoms with Gasteiger partial charge in [-0.05, 0) is 171 Å². The predicted octanol–water partition coefficient (Wildman–Crippen LogP) is 10.0. The number of hydrogen-bond acceptors (Lipinski definition) is 1. The van der Waals surface area contributed by atoms with Crippen molar-refractivity contribution < 1.29 is 4.21 Å². The van der Waals surface area contributed by atoms with Gasteiger partial charge < -0.3 is 0 Å². The fourth-order valence-electron chi connectivity index (χ4n) is 12.7. The first-order valence-electron chi connectivity index (χ1n) is 18.2. The molecule has 0 heterocycles. The summed E-state index contributed by atoms with van der Waals surface area (Å²) in [6.45, 7) is 6.33. The van der Waals surface area contributed by atoms with Gasteiger partial charge in [0.15, 0.2) is 0 Å². The molecule has 238 valence electrons. The summed E-state index contributed by atoms with van der Waals surface area (Å²) in [4.78, 5) is 0. The summed E-state index contributed by atoms with van der Waals surface area (Å²) in [7, 11) is -1.58. The van der Waals surface area contributed by atoms with Gasteiger partial charge in [0.05, 0.1) is 21.8 Å².